The van der Waals surface area contributed by atoms with Crippen LogP contribution in [0.15, 0.2) is 25.3 Å². The normalized spacial score (nSPS) is 29.4. The second-order valence-electron chi connectivity index (χ2n) is 11.4. The van der Waals surface area contributed by atoms with E-state index in [1.54, 1.807) is 26.9 Å². The predicted octanol–water partition coefficient (Wildman–Crippen LogP) is 3.54. The van der Waals surface area contributed by atoms with E-state index in [4.69, 9.17) is 9.84 Å². The molecule has 1 N–H and O–H groups in total. The first-order valence-electron chi connectivity index (χ1n) is 14.7. The van der Waals surface area contributed by atoms with Crippen molar-refractivity contribution in [2.45, 2.75) is 95.8 Å². The Bertz CT molecular complexity index is 878. The highest BCUT2D eigenvalue weighted by Gasteiger charge is 2.78. The molecule has 0 saturated carbocycles. The van der Waals surface area contributed by atoms with Crippen LogP contribution in [0, 0.1) is 11.8 Å². The molecule has 8 nitrogen and oxygen atoms in total. The van der Waals surface area contributed by atoms with Crippen molar-refractivity contribution < 1.29 is 24.2 Å². The molecular formula is C30H49N3O5. The van der Waals surface area contributed by atoms with Gasteiger partial charge in [0.15, 0.2) is 0 Å². The van der Waals surface area contributed by atoms with Gasteiger partial charge in [-0.2, -0.15) is 0 Å². The highest BCUT2D eigenvalue weighted by molar-refractivity contribution is 5.99. The number of likely N-dealkylation sites (tertiary alicyclic amines) is 1. The van der Waals surface area contributed by atoms with Crippen LogP contribution in [-0.4, -0.2) is 94.1 Å². The molecule has 1 spiro atoms. The summed E-state index contributed by atoms with van der Waals surface area (Å²) in [6.07, 6.45) is 10.5. The molecule has 0 aromatic rings. The highest BCUT2D eigenvalue weighted by Crippen LogP contribution is 2.63. The minimum absolute atomic E-state index is 0.0703. The average molecular weight is 532 g/mol. The SMILES string of the molecule is C=CCN(CCCC)C(=O)C1N(CCCCCCO)C(=O)[C@@H]2[C@@H](C(=O)N(CC=C)CCC)[C@@]3(C)CCC12O3. The first-order valence-corrected chi connectivity index (χ1v) is 14.7. The Morgan fingerprint density at radius 2 is 1.66 bits per heavy atom. The van der Waals surface area contributed by atoms with Gasteiger partial charge in [0.05, 0.1) is 17.4 Å². The predicted molar refractivity (Wildman–Crippen MR) is 148 cm³/mol. The summed E-state index contributed by atoms with van der Waals surface area (Å²) < 4.78 is 6.78. The summed E-state index contributed by atoms with van der Waals surface area (Å²) in [6.45, 7) is 16.4. The summed E-state index contributed by atoms with van der Waals surface area (Å²) >= 11 is 0. The van der Waals surface area contributed by atoms with Gasteiger partial charge in [0, 0.05) is 39.3 Å². The quantitative estimate of drug-likeness (QED) is 0.229. The molecule has 0 radical (unpaired) electrons. The second kappa shape index (κ2) is 13.2. The number of nitrogens with zero attached hydrogens (tertiary/aromatic N) is 3. The fourth-order valence-electron chi connectivity index (χ4n) is 6.95. The summed E-state index contributed by atoms with van der Waals surface area (Å²) in [6, 6.07) is -0.742. The Hall–Kier alpha value is -2.19. The van der Waals surface area contributed by atoms with E-state index in [-0.39, 0.29) is 24.3 Å². The van der Waals surface area contributed by atoms with Crippen LogP contribution in [0.5, 0.6) is 0 Å². The number of ether oxygens (including phenoxy) is 1. The highest BCUT2D eigenvalue weighted by atomic mass is 16.5. The van der Waals surface area contributed by atoms with Crippen molar-refractivity contribution in [3.63, 3.8) is 0 Å². The Kier molecular flexibility index (Phi) is 10.6. The molecule has 0 aromatic carbocycles. The van der Waals surface area contributed by atoms with Crippen molar-refractivity contribution in [3.8, 4) is 0 Å². The van der Waals surface area contributed by atoms with Gasteiger partial charge in [-0.25, -0.2) is 0 Å². The third-order valence-corrected chi connectivity index (χ3v) is 8.68. The van der Waals surface area contributed by atoms with E-state index in [1.165, 1.54) is 0 Å². The minimum Gasteiger partial charge on any atom is -0.396 e. The molecule has 3 saturated heterocycles. The number of hydrogen-bond acceptors (Lipinski definition) is 5. The van der Waals surface area contributed by atoms with Crippen LogP contribution in [0.3, 0.4) is 0 Å². The molecular weight excluding hydrogens is 482 g/mol. The molecule has 3 heterocycles. The number of carbonyl (C=O) groups is 3. The zero-order valence-corrected chi connectivity index (χ0v) is 23.8. The Labute approximate surface area is 229 Å². The summed E-state index contributed by atoms with van der Waals surface area (Å²) in [7, 11) is 0. The van der Waals surface area contributed by atoms with Crippen LogP contribution in [0.2, 0.25) is 0 Å². The Morgan fingerprint density at radius 3 is 2.26 bits per heavy atom. The number of aliphatic hydroxyl groups excluding tert-OH is 1. The zero-order chi connectivity index (χ0) is 27.9. The Balaban J connectivity index is 2.00. The number of hydrogen-bond donors (Lipinski definition) is 1. The maximum Gasteiger partial charge on any atom is 0.248 e. The lowest BCUT2D eigenvalue weighted by molar-refractivity contribution is -0.153. The molecule has 0 aliphatic carbocycles. The third kappa shape index (κ3) is 5.57. The van der Waals surface area contributed by atoms with Crippen molar-refractivity contribution in [1.29, 1.82) is 0 Å². The van der Waals surface area contributed by atoms with Crippen LogP contribution in [-0.2, 0) is 19.1 Å². The van der Waals surface area contributed by atoms with E-state index >= 15 is 0 Å². The molecule has 214 valence electrons. The lowest BCUT2D eigenvalue weighted by Crippen LogP contribution is -2.56. The van der Waals surface area contributed by atoms with Crippen LogP contribution in [0.4, 0.5) is 0 Å². The smallest absolute Gasteiger partial charge is 0.248 e. The van der Waals surface area contributed by atoms with Gasteiger partial charge in [0.1, 0.15) is 11.6 Å². The van der Waals surface area contributed by atoms with Crippen LogP contribution in [0.1, 0.15) is 78.6 Å². The van der Waals surface area contributed by atoms with Gasteiger partial charge in [-0.1, -0.05) is 45.3 Å². The van der Waals surface area contributed by atoms with Crippen LogP contribution < -0.4 is 0 Å². The lowest BCUT2D eigenvalue weighted by Gasteiger charge is -2.37. The third-order valence-electron chi connectivity index (χ3n) is 8.68. The molecule has 2 bridgehead atoms. The van der Waals surface area contributed by atoms with Crippen molar-refractivity contribution in [1.82, 2.24) is 14.7 Å². The molecule has 3 rings (SSSR count). The van der Waals surface area contributed by atoms with Gasteiger partial charge < -0.3 is 24.5 Å². The van der Waals surface area contributed by atoms with E-state index in [0.717, 1.165) is 44.9 Å². The first kappa shape index (κ1) is 30.4. The van der Waals surface area contributed by atoms with Crippen LogP contribution in [0.25, 0.3) is 0 Å². The maximum atomic E-state index is 14.2. The van der Waals surface area contributed by atoms with Crippen molar-refractivity contribution in [3.05, 3.63) is 25.3 Å². The van der Waals surface area contributed by atoms with E-state index < -0.39 is 29.1 Å². The summed E-state index contributed by atoms with van der Waals surface area (Å²) in [5.74, 6) is -1.58. The van der Waals surface area contributed by atoms with Crippen molar-refractivity contribution >= 4 is 17.7 Å². The maximum absolute atomic E-state index is 14.2. The van der Waals surface area contributed by atoms with Gasteiger partial charge in [-0.3, -0.25) is 14.4 Å². The summed E-state index contributed by atoms with van der Waals surface area (Å²) in [5.41, 5.74) is -1.77. The topological polar surface area (TPSA) is 90.4 Å². The first-order chi connectivity index (χ1) is 18.3. The lowest BCUT2D eigenvalue weighted by atomic mass is 9.66. The van der Waals surface area contributed by atoms with Crippen LogP contribution >= 0.6 is 0 Å². The van der Waals surface area contributed by atoms with E-state index in [2.05, 4.69) is 20.1 Å². The largest absolute Gasteiger partial charge is 0.396 e. The average Bonchev–Trinajstić information content (AvgIpc) is 3.46. The zero-order valence-electron chi connectivity index (χ0n) is 23.8. The standard InChI is InChI=1S/C30H49N3O5/c1-6-10-20-32(19-9-4)28(37)25-30-16-15-29(5,38-30)23(26(35)31(17-7-2)18-8-3)24(30)27(36)33(25)21-13-11-12-14-22-34/h7,9,23-25,34H,2,4,6,8,10-22H2,1,3,5H3/t23-,24-,25?,29+,30?/m0/s1. The summed E-state index contributed by atoms with van der Waals surface area (Å²) in [4.78, 5) is 47.8. The van der Waals surface area contributed by atoms with E-state index in [1.807, 2.05) is 13.8 Å². The number of aliphatic hydroxyl groups is 1. The number of unbranched alkanes of at least 4 members (excludes halogenated alkanes) is 4. The van der Waals surface area contributed by atoms with Gasteiger partial charge in [-0.15, -0.1) is 13.2 Å². The minimum atomic E-state index is -0.994. The van der Waals surface area contributed by atoms with Gasteiger partial charge in [0.25, 0.3) is 0 Å². The summed E-state index contributed by atoms with van der Waals surface area (Å²) in [5, 5.41) is 9.14. The molecule has 2 unspecified atom stereocenters. The molecule has 5 atom stereocenters. The van der Waals surface area contributed by atoms with Gasteiger partial charge >= 0.3 is 0 Å². The molecule has 3 aliphatic rings. The fourth-order valence-corrected chi connectivity index (χ4v) is 6.95. The van der Waals surface area contributed by atoms with Gasteiger partial charge in [0.2, 0.25) is 17.7 Å². The molecule has 3 aliphatic heterocycles. The number of fused-ring (bicyclic) bond motifs is 1. The number of amides is 3. The monoisotopic (exact) mass is 531 g/mol. The number of carbonyl (C=O) groups excluding carboxylic acids is 3. The molecule has 38 heavy (non-hydrogen) atoms. The van der Waals surface area contributed by atoms with E-state index in [9.17, 15) is 14.4 Å². The second-order valence-corrected chi connectivity index (χ2v) is 11.4. The molecule has 3 amide bonds. The fraction of sp³-hybridized carbons (Fsp3) is 0.767. The van der Waals surface area contributed by atoms with Gasteiger partial charge in [-0.05, 0) is 45.4 Å². The molecule has 3 fully saturated rings. The number of rotatable bonds is 17. The molecule has 0 aromatic heterocycles. The molecule has 8 heteroatoms. The Morgan fingerprint density at radius 1 is 1.00 bits per heavy atom. The van der Waals surface area contributed by atoms with Crippen molar-refractivity contribution in [2.24, 2.45) is 11.8 Å². The van der Waals surface area contributed by atoms with Crippen molar-refractivity contribution in [2.75, 3.05) is 39.3 Å². The van der Waals surface area contributed by atoms with E-state index in [0.29, 0.717) is 45.6 Å².